The van der Waals surface area contributed by atoms with E-state index in [9.17, 15) is 0 Å². The van der Waals surface area contributed by atoms with Gasteiger partial charge in [-0.05, 0) is 34.0 Å². The van der Waals surface area contributed by atoms with Crippen molar-refractivity contribution in [2.24, 2.45) is 5.73 Å². The summed E-state index contributed by atoms with van der Waals surface area (Å²) in [6.07, 6.45) is 2.71. The first-order valence-electron chi connectivity index (χ1n) is 3.89. The van der Waals surface area contributed by atoms with Crippen LogP contribution >= 0.6 is 15.9 Å². The predicted molar refractivity (Wildman–Crippen MR) is 52.1 cm³/mol. The molecule has 0 spiro atoms. The molecule has 64 valence electrons. The van der Waals surface area contributed by atoms with Crippen molar-refractivity contribution >= 4 is 21.7 Å². The van der Waals surface area contributed by atoms with Crippen LogP contribution in [0, 0.1) is 0 Å². The minimum absolute atomic E-state index is 0.216. The van der Waals surface area contributed by atoms with E-state index in [1.54, 1.807) is 6.20 Å². The summed E-state index contributed by atoms with van der Waals surface area (Å²) in [6.45, 7) is 0.821. The van der Waals surface area contributed by atoms with Gasteiger partial charge in [-0.15, -0.1) is 0 Å². The Morgan fingerprint density at radius 1 is 1.67 bits per heavy atom. The second-order valence-electron chi connectivity index (χ2n) is 3.01. The van der Waals surface area contributed by atoms with Crippen LogP contribution in [0.3, 0.4) is 0 Å². The highest BCUT2D eigenvalue weighted by molar-refractivity contribution is 9.10. The molecule has 2 rings (SSSR count). The van der Waals surface area contributed by atoms with Gasteiger partial charge in [-0.2, -0.15) is 0 Å². The van der Waals surface area contributed by atoms with E-state index in [0.29, 0.717) is 0 Å². The SMILES string of the molecule is NC1CNc2ncc(Br)cc2C1. The Bertz CT molecular complexity index is 300. The summed E-state index contributed by atoms with van der Waals surface area (Å²) in [4.78, 5) is 4.24. The van der Waals surface area contributed by atoms with E-state index >= 15 is 0 Å². The average Bonchev–Trinajstić information content (AvgIpc) is 2.03. The zero-order chi connectivity index (χ0) is 8.55. The Morgan fingerprint density at radius 2 is 2.50 bits per heavy atom. The minimum atomic E-state index is 0.216. The van der Waals surface area contributed by atoms with Crippen molar-refractivity contribution in [3.8, 4) is 0 Å². The highest BCUT2D eigenvalue weighted by Gasteiger charge is 2.15. The average molecular weight is 228 g/mol. The number of halogens is 1. The number of anilines is 1. The minimum Gasteiger partial charge on any atom is -0.368 e. The second-order valence-corrected chi connectivity index (χ2v) is 3.92. The highest BCUT2D eigenvalue weighted by atomic mass is 79.9. The van der Waals surface area contributed by atoms with Crippen LogP contribution in [0.1, 0.15) is 5.56 Å². The monoisotopic (exact) mass is 227 g/mol. The predicted octanol–water partition coefficient (Wildman–Crippen LogP) is 1.14. The Morgan fingerprint density at radius 3 is 3.33 bits per heavy atom. The lowest BCUT2D eigenvalue weighted by molar-refractivity contribution is 0.673. The Balaban J connectivity index is 2.37. The standard InChI is InChI=1S/C8H10BrN3/c9-6-1-5-2-7(10)4-12-8(5)11-3-6/h1,3,7H,2,4,10H2,(H,11,12). The molecule has 0 saturated carbocycles. The molecule has 1 aliphatic heterocycles. The number of hydrogen-bond acceptors (Lipinski definition) is 3. The molecular formula is C8H10BrN3. The molecular weight excluding hydrogens is 218 g/mol. The first-order chi connectivity index (χ1) is 5.75. The number of nitrogens with two attached hydrogens (primary N) is 1. The summed E-state index contributed by atoms with van der Waals surface area (Å²) < 4.78 is 1.01. The van der Waals surface area contributed by atoms with E-state index in [1.165, 1.54) is 5.56 Å². The summed E-state index contributed by atoms with van der Waals surface area (Å²) in [7, 11) is 0. The number of aromatic nitrogens is 1. The van der Waals surface area contributed by atoms with Gasteiger partial charge in [0.2, 0.25) is 0 Å². The van der Waals surface area contributed by atoms with E-state index in [2.05, 4.69) is 32.3 Å². The van der Waals surface area contributed by atoms with E-state index in [0.717, 1.165) is 23.3 Å². The first kappa shape index (κ1) is 8.01. The van der Waals surface area contributed by atoms with Gasteiger partial charge in [0.05, 0.1) is 0 Å². The third-order valence-corrected chi connectivity index (χ3v) is 2.38. The molecule has 1 aromatic rings. The molecule has 0 saturated heterocycles. The third-order valence-electron chi connectivity index (χ3n) is 1.95. The molecule has 0 aromatic carbocycles. The molecule has 0 bridgehead atoms. The number of rotatable bonds is 0. The van der Waals surface area contributed by atoms with Crippen LogP contribution in [0.25, 0.3) is 0 Å². The van der Waals surface area contributed by atoms with Crippen LogP contribution in [0.4, 0.5) is 5.82 Å². The number of pyridine rings is 1. The van der Waals surface area contributed by atoms with Crippen LogP contribution in [0.5, 0.6) is 0 Å². The van der Waals surface area contributed by atoms with Gasteiger partial charge in [-0.25, -0.2) is 4.98 Å². The van der Waals surface area contributed by atoms with Crippen molar-refractivity contribution in [1.29, 1.82) is 0 Å². The summed E-state index contributed by atoms with van der Waals surface area (Å²) >= 11 is 3.38. The lowest BCUT2D eigenvalue weighted by atomic mass is 10.0. The van der Waals surface area contributed by atoms with Crippen molar-refractivity contribution in [2.45, 2.75) is 12.5 Å². The van der Waals surface area contributed by atoms with Crippen LogP contribution in [-0.2, 0) is 6.42 Å². The van der Waals surface area contributed by atoms with Crippen LogP contribution in [0.15, 0.2) is 16.7 Å². The number of nitrogens with one attached hydrogen (secondary N) is 1. The highest BCUT2D eigenvalue weighted by Crippen LogP contribution is 2.21. The van der Waals surface area contributed by atoms with Crippen molar-refractivity contribution in [3.05, 3.63) is 22.3 Å². The van der Waals surface area contributed by atoms with E-state index < -0.39 is 0 Å². The van der Waals surface area contributed by atoms with Crippen LogP contribution in [0.2, 0.25) is 0 Å². The summed E-state index contributed by atoms with van der Waals surface area (Å²) in [5.74, 6) is 0.972. The maximum absolute atomic E-state index is 5.79. The molecule has 0 fully saturated rings. The lowest BCUT2D eigenvalue weighted by Crippen LogP contribution is -2.35. The van der Waals surface area contributed by atoms with Gasteiger partial charge in [0.15, 0.2) is 0 Å². The van der Waals surface area contributed by atoms with Gasteiger partial charge in [0.1, 0.15) is 5.82 Å². The fraction of sp³-hybridized carbons (Fsp3) is 0.375. The summed E-state index contributed by atoms with van der Waals surface area (Å²) in [5, 5.41) is 3.18. The van der Waals surface area contributed by atoms with E-state index in [1.807, 2.05) is 0 Å². The molecule has 3 N–H and O–H groups in total. The van der Waals surface area contributed by atoms with Gasteiger partial charge >= 0.3 is 0 Å². The van der Waals surface area contributed by atoms with Gasteiger partial charge in [-0.3, -0.25) is 0 Å². The van der Waals surface area contributed by atoms with Gasteiger partial charge < -0.3 is 11.1 Å². The number of fused-ring (bicyclic) bond motifs is 1. The maximum atomic E-state index is 5.79. The first-order valence-corrected chi connectivity index (χ1v) is 4.69. The normalized spacial score (nSPS) is 21.3. The van der Waals surface area contributed by atoms with Gasteiger partial charge in [0, 0.05) is 23.3 Å². The van der Waals surface area contributed by atoms with Crippen molar-refractivity contribution in [1.82, 2.24) is 4.98 Å². The molecule has 0 amide bonds. The fourth-order valence-corrected chi connectivity index (χ4v) is 1.76. The Kier molecular flexibility index (Phi) is 2.02. The van der Waals surface area contributed by atoms with E-state index in [4.69, 9.17) is 5.73 Å². The molecule has 1 atom stereocenters. The zero-order valence-electron chi connectivity index (χ0n) is 6.55. The summed E-state index contributed by atoms with van der Waals surface area (Å²) in [5.41, 5.74) is 6.99. The quantitative estimate of drug-likeness (QED) is 0.700. The van der Waals surface area contributed by atoms with Crippen molar-refractivity contribution < 1.29 is 0 Å². The lowest BCUT2D eigenvalue weighted by Gasteiger charge is -2.21. The largest absolute Gasteiger partial charge is 0.368 e. The molecule has 1 unspecified atom stereocenters. The molecule has 0 aliphatic carbocycles. The van der Waals surface area contributed by atoms with Gasteiger partial charge in [0.25, 0.3) is 0 Å². The molecule has 0 radical (unpaired) electrons. The third kappa shape index (κ3) is 1.44. The number of hydrogen-bond donors (Lipinski definition) is 2. The molecule has 1 aliphatic rings. The van der Waals surface area contributed by atoms with Crippen molar-refractivity contribution in [2.75, 3.05) is 11.9 Å². The van der Waals surface area contributed by atoms with Gasteiger partial charge in [-0.1, -0.05) is 0 Å². The van der Waals surface area contributed by atoms with Crippen LogP contribution in [-0.4, -0.2) is 17.6 Å². The molecule has 1 aromatic heterocycles. The summed E-state index contributed by atoms with van der Waals surface area (Å²) in [6, 6.07) is 2.28. The van der Waals surface area contributed by atoms with Crippen LogP contribution < -0.4 is 11.1 Å². The zero-order valence-corrected chi connectivity index (χ0v) is 8.13. The van der Waals surface area contributed by atoms with E-state index in [-0.39, 0.29) is 6.04 Å². The number of nitrogens with zero attached hydrogens (tertiary/aromatic N) is 1. The molecule has 12 heavy (non-hydrogen) atoms. The second kappa shape index (κ2) is 3.03. The fourth-order valence-electron chi connectivity index (χ4n) is 1.38. The molecule has 4 heteroatoms. The maximum Gasteiger partial charge on any atom is 0.129 e. The molecule has 2 heterocycles. The topological polar surface area (TPSA) is 50.9 Å². The Hall–Kier alpha value is -0.610. The molecule has 3 nitrogen and oxygen atoms in total. The van der Waals surface area contributed by atoms with Crippen molar-refractivity contribution in [3.63, 3.8) is 0 Å². The smallest absolute Gasteiger partial charge is 0.129 e. The Labute approximate surface area is 79.5 Å².